The molecule has 1 aliphatic heterocycles. The number of hydrogen-bond donors (Lipinski definition) is 1. The third-order valence-electron chi connectivity index (χ3n) is 4.40. The molecule has 120 valence electrons. The summed E-state index contributed by atoms with van der Waals surface area (Å²) in [6.07, 6.45) is 2.92. The first-order valence-corrected chi connectivity index (χ1v) is 8.35. The minimum absolute atomic E-state index is 0.579. The van der Waals surface area contributed by atoms with E-state index in [0.29, 0.717) is 18.0 Å². The Bertz CT molecular complexity index is 426. The maximum Gasteiger partial charge on any atom is 0.141 e. The lowest BCUT2D eigenvalue weighted by molar-refractivity contribution is 0.0813. The second-order valence-electron chi connectivity index (χ2n) is 6.97. The molecule has 1 aliphatic rings. The summed E-state index contributed by atoms with van der Waals surface area (Å²) in [6.45, 7) is 15.3. The van der Waals surface area contributed by atoms with E-state index in [1.54, 1.807) is 6.33 Å². The van der Waals surface area contributed by atoms with Crippen LogP contribution in [0.2, 0.25) is 0 Å². The molecule has 1 aromatic rings. The van der Waals surface area contributed by atoms with Crippen molar-refractivity contribution in [2.75, 3.05) is 13.1 Å². The topological polar surface area (TPSA) is 46.0 Å². The molecule has 0 saturated carbocycles. The van der Waals surface area contributed by atoms with Gasteiger partial charge in [0.1, 0.15) is 12.2 Å². The lowest BCUT2D eigenvalue weighted by Crippen LogP contribution is -2.58. The van der Waals surface area contributed by atoms with E-state index >= 15 is 0 Å². The molecule has 1 aromatic heterocycles. The molecule has 5 nitrogen and oxygen atoms in total. The van der Waals surface area contributed by atoms with Crippen molar-refractivity contribution < 1.29 is 0 Å². The van der Waals surface area contributed by atoms with E-state index in [0.717, 1.165) is 37.9 Å². The Morgan fingerprint density at radius 3 is 2.71 bits per heavy atom. The first-order chi connectivity index (χ1) is 10.0. The molecule has 1 N–H and O–H groups in total. The number of piperazine rings is 1. The predicted octanol–water partition coefficient (Wildman–Crippen LogP) is 2.14. The van der Waals surface area contributed by atoms with Gasteiger partial charge in [0, 0.05) is 31.7 Å². The lowest BCUT2D eigenvalue weighted by Gasteiger charge is -2.42. The molecule has 0 amide bonds. The molecule has 5 heteroatoms. The monoisotopic (exact) mass is 293 g/mol. The summed E-state index contributed by atoms with van der Waals surface area (Å²) < 4.78 is 2.01. The van der Waals surface area contributed by atoms with E-state index in [1.807, 2.05) is 4.68 Å². The van der Waals surface area contributed by atoms with E-state index in [9.17, 15) is 0 Å². The fourth-order valence-corrected chi connectivity index (χ4v) is 3.32. The number of aryl methyl sites for hydroxylation is 1. The molecule has 0 aliphatic carbocycles. The third-order valence-corrected chi connectivity index (χ3v) is 4.40. The highest BCUT2D eigenvalue weighted by molar-refractivity contribution is 4.93. The average Bonchev–Trinajstić information content (AvgIpc) is 2.85. The molecule has 2 atom stereocenters. The van der Waals surface area contributed by atoms with E-state index < -0.39 is 0 Å². The first-order valence-electron chi connectivity index (χ1n) is 8.35. The Hall–Kier alpha value is -0.940. The zero-order valence-corrected chi connectivity index (χ0v) is 14.2. The summed E-state index contributed by atoms with van der Waals surface area (Å²) in [5.41, 5.74) is 0. The molecule has 2 unspecified atom stereocenters. The van der Waals surface area contributed by atoms with Gasteiger partial charge >= 0.3 is 0 Å². The Balaban J connectivity index is 2.07. The average molecular weight is 293 g/mol. The second-order valence-corrected chi connectivity index (χ2v) is 6.97. The lowest BCUT2D eigenvalue weighted by atomic mass is 9.95. The summed E-state index contributed by atoms with van der Waals surface area (Å²) in [6, 6.07) is 1.17. The number of hydrogen-bond acceptors (Lipinski definition) is 4. The van der Waals surface area contributed by atoms with Crippen molar-refractivity contribution in [1.29, 1.82) is 0 Å². The number of nitrogens with zero attached hydrogens (tertiary/aromatic N) is 4. The van der Waals surface area contributed by atoms with Crippen LogP contribution in [0.1, 0.15) is 46.9 Å². The summed E-state index contributed by atoms with van der Waals surface area (Å²) in [5.74, 6) is 2.48. The minimum atomic E-state index is 0.579. The molecule has 1 fully saturated rings. The summed E-state index contributed by atoms with van der Waals surface area (Å²) in [4.78, 5) is 7.05. The van der Waals surface area contributed by atoms with E-state index in [-0.39, 0.29) is 0 Å². The smallest absolute Gasteiger partial charge is 0.141 e. The van der Waals surface area contributed by atoms with Crippen molar-refractivity contribution in [3.8, 4) is 0 Å². The van der Waals surface area contributed by atoms with Crippen molar-refractivity contribution in [3.63, 3.8) is 0 Å². The van der Waals surface area contributed by atoms with Gasteiger partial charge in [-0.2, -0.15) is 5.10 Å². The Morgan fingerprint density at radius 1 is 1.33 bits per heavy atom. The van der Waals surface area contributed by atoms with Crippen molar-refractivity contribution in [1.82, 2.24) is 25.0 Å². The highest BCUT2D eigenvalue weighted by Gasteiger charge is 2.30. The standard InChI is InChI=1S/C16H31N5/c1-6-21-16(18-11-19-21)10-20-9-14(7-12(2)3)17-8-15(20)13(4)5/h11-15,17H,6-10H2,1-5H3. The molecule has 1 saturated heterocycles. The Labute approximate surface area is 129 Å². The first kappa shape index (κ1) is 16.4. The van der Waals surface area contributed by atoms with Crippen LogP contribution in [0, 0.1) is 11.8 Å². The zero-order chi connectivity index (χ0) is 15.4. The summed E-state index contributed by atoms with van der Waals surface area (Å²) >= 11 is 0. The maximum absolute atomic E-state index is 4.45. The maximum atomic E-state index is 4.45. The van der Waals surface area contributed by atoms with E-state index in [2.05, 4.69) is 54.9 Å². The van der Waals surface area contributed by atoms with Gasteiger partial charge in [-0.25, -0.2) is 9.67 Å². The molecule has 0 aromatic carbocycles. The van der Waals surface area contributed by atoms with Crippen molar-refractivity contribution in [2.45, 2.75) is 66.2 Å². The van der Waals surface area contributed by atoms with Crippen LogP contribution in [0.3, 0.4) is 0 Å². The van der Waals surface area contributed by atoms with Crippen LogP contribution in [-0.4, -0.2) is 44.8 Å². The largest absolute Gasteiger partial charge is 0.311 e. The highest BCUT2D eigenvalue weighted by atomic mass is 15.4. The Kier molecular flexibility index (Phi) is 5.76. The van der Waals surface area contributed by atoms with Gasteiger partial charge in [0.25, 0.3) is 0 Å². The van der Waals surface area contributed by atoms with Crippen molar-refractivity contribution in [2.24, 2.45) is 11.8 Å². The highest BCUT2D eigenvalue weighted by Crippen LogP contribution is 2.20. The number of nitrogens with one attached hydrogen (secondary N) is 1. The van der Waals surface area contributed by atoms with Crippen molar-refractivity contribution in [3.05, 3.63) is 12.2 Å². The van der Waals surface area contributed by atoms with Crippen LogP contribution >= 0.6 is 0 Å². The molecule has 0 bridgehead atoms. The fourth-order valence-electron chi connectivity index (χ4n) is 3.32. The van der Waals surface area contributed by atoms with Crippen LogP contribution in [0.25, 0.3) is 0 Å². The molecular formula is C16H31N5. The fraction of sp³-hybridized carbons (Fsp3) is 0.875. The van der Waals surface area contributed by atoms with Gasteiger partial charge in [-0.05, 0) is 25.2 Å². The SMILES string of the molecule is CCn1ncnc1CN1CC(CC(C)C)NCC1C(C)C. The third kappa shape index (κ3) is 4.27. The molecule has 2 rings (SSSR count). The van der Waals surface area contributed by atoms with Gasteiger partial charge in [0.15, 0.2) is 0 Å². The van der Waals surface area contributed by atoms with Crippen LogP contribution in [0.5, 0.6) is 0 Å². The van der Waals surface area contributed by atoms with E-state index in [1.165, 1.54) is 6.42 Å². The molecule has 0 radical (unpaired) electrons. The van der Waals surface area contributed by atoms with Crippen LogP contribution in [-0.2, 0) is 13.1 Å². The van der Waals surface area contributed by atoms with Crippen LogP contribution < -0.4 is 5.32 Å². The zero-order valence-electron chi connectivity index (χ0n) is 14.2. The summed E-state index contributed by atoms with van der Waals surface area (Å²) in [5, 5.41) is 8.04. The van der Waals surface area contributed by atoms with Gasteiger partial charge in [-0.1, -0.05) is 27.7 Å². The van der Waals surface area contributed by atoms with Gasteiger partial charge in [0.2, 0.25) is 0 Å². The quantitative estimate of drug-likeness (QED) is 0.873. The second kappa shape index (κ2) is 7.36. The van der Waals surface area contributed by atoms with Crippen molar-refractivity contribution >= 4 is 0 Å². The van der Waals surface area contributed by atoms with Crippen LogP contribution in [0.15, 0.2) is 6.33 Å². The minimum Gasteiger partial charge on any atom is -0.311 e. The molecule has 21 heavy (non-hydrogen) atoms. The predicted molar refractivity (Wildman–Crippen MR) is 86.0 cm³/mol. The molecule has 2 heterocycles. The van der Waals surface area contributed by atoms with Gasteiger partial charge < -0.3 is 5.32 Å². The Morgan fingerprint density at radius 2 is 2.10 bits per heavy atom. The van der Waals surface area contributed by atoms with E-state index in [4.69, 9.17) is 0 Å². The number of aromatic nitrogens is 3. The normalized spacial score (nSPS) is 24.1. The van der Waals surface area contributed by atoms with Gasteiger partial charge in [-0.15, -0.1) is 0 Å². The number of rotatable bonds is 6. The van der Waals surface area contributed by atoms with Gasteiger partial charge in [0.05, 0.1) is 6.54 Å². The molecular weight excluding hydrogens is 262 g/mol. The molecule has 0 spiro atoms. The summed E-state index contributed by atoms with van der Waals surface area (Å²) in [7, 11) is 0. The van der Waals surface area contributed by atoms with Crippen LogP contribution in [0.4, 0.5) is 0 Å². The van der Waals surface area contributed by atoms with Gasteiger partial charge in [-0.3, -0.25) is 4.90 Å².